The highest BCUT2D eigenvalue weighted by atomic mass is 32.2. The first kappa shape index (κ1) is 30.3. The monoisotopic (exact) mass is 535 g/mol. The Hall–Kier alpha value is -2.92. The maximum Gasteiger partial charge on any atom is 0.325 e. The number of ether oxygens (including phenoxy) is 4. The van der Waals surface area contributed by atoms with Crippen molar-refractivity contribution in [3.05, 3.63) is 59.7 Å². The Labute approximate surface area is 219 Å². The van der Waals surface area contributed by atoms with Crippen molar-refractivity contribution >= 4 is 33.9 Å². The minimum atomic E-state index is -3.43. The van der Waals surface area contributed by atoms with Gasteiger partial charge in [-0.2, -0.15) is 8.42 Å². The first-order chi connectivity index (χ1) is 17.5. The van der Waals surface area contributed by atoms with E-state index < -0.39 is 15.7 Å². The number of hydrogen-bond donors (Lipinski definition) is 1. The van der Waals surface area contributed by atoms with E-state index in [4.69, 9.17) is 18.9 Å². The van der Waals surface area contributed by atoms with Crippen LogP contribution in [0, 0.1) is 0 Å². The van der Waals surface area contributed by atoms with Crippen LogP contribution < -0.4 is 10.1 Å². The number of nitrogens with one attached hydrogen (secondary N) is 1. The van der Waals surface area contributed by atoms with Crippen LogP contribution in [0.5, 0.6) is 5.75 Å². The summed E-state index contributed by atoms with van der Waals surface area (Å²) in [5.41, 5.74) is 2.42. The molecular weight excluding hydrogens is 498 g/mol. The van der Waals surface area contributed by atoms with Gasteiger partial charge in [0.15, 0.2) is 0 Å². The molecule has 0 atom stereocenters. The second-order valence-corrected chi connectivity index (χ2v) is 10.7. The van der Waals surface area contributed by atoms with Gasteiger partial charge in [-0.3, -0.25) is 8.98 Å². The molecule has 0 amide bonds. The summed E-state index contributed by atoms with van der Waals surface area (Å²) < 4.78 is 47.8. The van der Waals surface area contributed by atoms with E-state index in [0.29, 0.717) is 26.4 Å². The van der Waals surface area contributed by atoms with Crippen molar-refractivity contribution in [1.29, 1.82) is 0 Å². The number of anilines is 1. The van der Waals surface area contributed by atoms with Gasteiger partial charge in [-0.25, -0.2) is 0 Å². The zero-order valence-corrected chi connectivity index (χ0v) is 22.7. The first-order valence-corrected chi connectivity index (χ1v) is 13.8. The van der Waals surface area contributed by atoms with Crippen LogP contribution in [0.15, 0.2) is 48.5 Å². The number of rotatable bonds is 16. The normalized spacial score (nSPS) is 12.0. The maximum absolute atomic E-state index is 11.8. The number of hydrogen-bond acceptors (Lipinski definition) is 9. The predicted molar refractivity (Wildman–Crippen MR) is 144 cm³/mol. The average molecular weight is 536 g/mol. The van der Waals surface area contributed by atoms with Crippen LogP contribution >= 0.6 is 0 Å². The Bertz CT molecular complexity index is 1070. The molecule has 0 spiro atoms. The van der Waals surface area contributed by atoms with Gasteiger partial charge in [-0.15, -0.1) is 0 Å². The topological polar surface area (TPSA) is 109 Å². The Morgan fingerprint density at radius 1 is 0.811 bits per heavy atom. The van der Waals surface area contributed by atoms with Gasteiger partial charge in [0.05, 0.1) is 39.3 Å². The predicted octanol–water partition coefficient (Wildman–Crippen LogP) is 4.00. The molecule has 9 nitrogen and oxygen atoms in total. The summed E-state index contributed by atoms with van der Waals surface area (Å²) in [5, 5.41) is 3.07. The van der Waals surface area contributed by atoms with Crippen molar-refractivity contribution in [1.82, 2.24) is 0 Å². The van der Waals surface area contributed by atoms with Crippen molar-refractivity contribution in [2.24, 2.45) is 0 Å². The van der Waals surface area contributed by atoms with Crippen LogP contribution in [-0.4, -0.2) is 72.4 Å². The molecule has 0 aromatic heterocycles. The van der Waals surface area contributed by atoms with Crippen molar-refractivity contribution < 1.29 is 36.3 Å². The highest BCUT2D eigenvalue weighted by Gasteiger charge is 2.15. The smallest absolute Gasteiger partial charge is 0.325 e. The molecule has 1 N–H and O–H groups in total. The summed E-state index contributed by atoms with van der Waals surface area (Å²) in [6.07, 6.45) is 5.02. The van der Waals surface area contributed by atoms with Gasteiger partial charge in [0.1, 0.15) is 24.5 Å². The summed E-state index contributed by atoms with van der Waals surface area (Å²) in [5.74, 6) is 0.452. The lowest BCUT2D eigenvalue weighted by Gasteiger charge is -2.19. The largest absolute Gasteiger partial charge is 0.491 e. The molecule has 10 heteroatoms. The summed E-state index contributed by atoms with van der Waals surface area (Å²) in [7, 11) is -3.43. The molecule has 0 heterocycles. The van der Waals surface area contributed by atoms with Crippen LogP contribution in [0.2, 0.25) is 0 Å². The van der Waals surface area contributed by atoms with Gasteiger partial charge in [0.25, 0.3) is 10.1 Å². The molecule has 2 aromatic rings. The van der Waals surface area contributed by atoms with E-state index in [9.17, 15) is 13.2 Å². The average Bonchev–Trinajstić information content (AvgIpc) is 2.82. The Morgan fingerprint density at radius 3 is 1.86 bits per heavy atom. The van der Waals surface area contributed by atoms with Crippen molar-refractivity contribution in [2.45, 2.75) is 26.4 Å². The molecule has 0 aliphatic rings. The molecule has 0 aliphatic carbocycles. The third-order valence-corrected chi connectivity index (χ3v) is 5.10. The van der Waals surface area contributed by atoms with E-state index >= 15 is 0 Å². The Morgan fingerprint density at radius 2 is 1.32 bits per heavy atom. The highest BCUT2D eigenvalue weighted by molar-refractivity contribution is 7.85. The van der Waals surface area contributed by atoms with Gasteiger partial charge >= 0.3 is 5.97 Å². The van der Waals surface area contributed by atoms with Gasteiger partial charge in [-0.05, 0) is 56.2 Å². The van der Waals surface area contributed by atoms with E-state index in [1.165, 1.54) is 0 Å². The molecule has 0 bridgehead atoms. The number of carbonyl (C=O) groups excluding carboxylic acids is 1. The van der Waals surface area contributed by atoms with Crippen molar-refractivity contribution in [2.75, 3.05) is 57.8 Å². The third kappa shape index (κ3) is 15.0. The number of benzene rings is 2. The lowest BCUT2D eigenvalue weighted by atomic mass is 10.1. The maximum atomic E-state index is 11.8. The first-order valence-electron chi connectivity index (χ1n) is 12.0. The molecular formula is C27H37NO8S. The summed E-state index contributed by atoms with van der Waals surface area (Å²) in [6, 6.07) is 15.5. The Balaban J connectivity index is 1.62. The van der Waals surface area contributed by atoms with Gasteiger partial charge < -0.3 is 24.3 Å². The molecule has 0 saturated carbocycles. The standard InChI is InChI=1S/C27H37NO8S/c1-27(2,3)36-26(29)21-28-24-11-7-22(8-12-24)5-6-23-9-13-25(14-10-23)34-19-17-32-15-16-33-18-20-35-37(4,30)31/h5-14,28H,15-21H2,1-4H3/b6-5+. The molecule has 0 aliphatic heterocycles. The molecule has 0 unspecified atom stereocenters. The molecule has 2 aromatic carbocycles. The fourth-order valence-electron chi connectivity index (χ4n) is 2.92. The Kier molecular flexibility index (Phi) is 12.6. The van der Waals surface area contributed by atoms with E-state index in [0.717, 1.165) is 28.8 Å². The number of carbonyl (C=O) groups is 1. The summed E-state index contributed by atoms with van der Waals surface area (Å²) in [6.45, 7) is 7.37. The second kappa shape index (κ2) is 15.4. The summed E-state index contributed by atoms with van der Waals surface area (Å²) >= 11 is 0. The SMILES string of the molecule is CC(C)(C)OC(=O)CNc1ccc(/C=C/c2ccc(OCCOCCOCCOS(C)(=O)=O)cc2)cc1. The van der Waals surface area contributed by atoms with Crippen LogP contribution in [0.1, 0.15) is 31.9 Å². The van der Waals surface area contributed by atoms with E-state index in [1.54, 1.807) is 0 Å². The van der Waals surface area contributed by atoms with Crippen LogP contribution in [-0.2, 0) is 33.3 Å². The van der Waals surface area contributed by atoms with E-state index in [1.807, 2.05) is 81.5 Å². The van der Waals surface area contributed by atoms with Crippen LogP contribution in [0.3, 0.4) is 0 Å². The van der Waals surface area contributed by atoms with E-state index in [-0.39, 0.29) is 25.7 Å². The highest BCUT2D eigenvalue weighted by Crippen LogP contribution is 2.16. The fraction of sp³-hybridized carbons (Fsp3) is 0.444. The third-order valence-electron chi connectivity index (χ3n) is 4.51. The number of esters is 1. The molecule has 0 fully saturated rings. The molecule has 204 valence electrons. The zero-order valence-electron chi connectivity index (χ0n) is 21.9. The van der Waals surface area contributed by atoms with Gasteiger partial charge in [-0.1, -0.05) is 36.4 Å². The molecule has 37 heavy (non-hydrogen) atoms. The lowest BCUT2D eigenvalue weighted by Crippen LogP contribution is -2.28. The van der Waals surface area contributed by atoms with Crippen LogP contribution in [0.25, 0.3) is 12.2 Å². The van der Waals surface area contributed by atoms with Gasteiger partial charge in [0, 0.05) is 5.69 Å². The van der Waals surface area contributed by atoms with Gasteiger partial charge in [0.2, 0.25) is 0 Å². The minimum Gasteiger partial charge on any atom is -0.491 e. The molecule has 0 saturated heterocycles. The molecule has 2 rings (SSSR count). The zero-order chi connectivity index (χ0) is 27.2. The molecule has 0 radical (unpaired) electrons. The summed E-state index contributed by atoms with van der Waals surface area (Å²) in [4.78, 5) is 11.8. The lowest BCUT2D eigenvalue weighted by molar-refractivity contribution is -0.152. The van der Waals surface area contributed by atoms with Crippen LogP contribution in [0.4, 0.5) is 5.69 Å². The van der Waals surface area contributed by atoms with Crippen molar-refractivity contribution in [3.63, 3.8) is 0 Å². The quantitative estimate of drug-likeness (QED) is 0.148. The minimum absolute atomic E-state index is 0.00569. The fourth-order valence-corrected chi connectivity index (χ4v) is 3.29. The van der Waals surface area contributed by atoms with Crippen molar-refractivity contribution in [3.8, 4) is 5.75 Å². The van der Waals surface area contributed by atoms with E-state index in [2.05, 4.69) is 9.50 Å². The second-order valence-electron chi connectivity index (χ2n) is 9.06.